The maximum atomic E-state index is 15.2. The van der Waals surface area contributed by atoms with E-state index in [2.05, 4.69) is 27.0 Å². The van der Waals surface area contributed by atoms with Crippen LogP contribution in [0.25, 0.3) is 28.0 Å². The molecular formula is C25H23FN4O2S. The number of benzene rings is 2. The van der Waals surface area contributed by atoms with E-state index in [1.807, 2.05) is 30.3 Å². The fraction of sp³-hybridized carbons (Fsp3) is 0.240. The monoisotopic (exact) mass is 462 g/mol. The van der Waals surface area contributed by atoms with E-state index in [4.69, 9.17) is 0 Å². The molecule has 0 atom stereocenters. The third kappa shape index (κ3) is 4.36. The zero-order chi connectivity index (χ0) is 22.9. The van der Waals surface area contributed by atoms with Crippen molar-refractivity contribution in [2.24, 2.45) is 0 Å². The van der Waals surface area contributed by atoms with Crippen LogP contribution >= 0.6 is 11.8 Å². The first kappa shape index (κ1) is 21.6. The number of nitrogens with one attached hydrogen (secondary N) is 1. The standard InChI is InChI=1S/C25H23FN4O2S/c1-2-29-7-9-30(10-8-29)22-6-5-17(13-21(22)26)20-15-27-14-18-4-3-16(11-19(18)20)12-23-24(31)28-25(32)33-23/h3-6,11-15H,2,7-10H2,1H3,(H,28,31,32)/b23-12-. The van der Waals surface area contributed by atoms with Crippen LogP contribution in [0, 0.1) is 5.82 Å². The molecule has 1 N–H and O–H groups in total. The molecule has 1 aromatic heterocycles. The van der Waals surface area contributed by atoms with Crippen molar-refractivity contribution in [3.63, 3.8) is 0 Å². The number of imide groups is 1. The van der Waals surface area contributed by atoms with E-state index in [-0.39, 0.29) is 11.1 Å². The molecule has 3 aromatic rings. The van der Waals surface area contributed by atoms with Gasteiger partial charge in [-0.1, -0.05) is 25.1 Å². The number of hydrogen-bond donors (Lipinski definition) is 1. The van der Waals surface area contributed by atoms with E-state index < -0.39 is 5.91 Å². The Morgan fingerprint density at radius 2 is 1.91 bits per heavy atom. The Morgan fingerprint density at radius 3 is 2.61 bits per heavy atom. The minimum absolute atomic E-state index is 0.245. The van der Waals surface area contributed by atoms with Crippen LogP contribution < -0.4 is 10.2 Å². The summed E-state index contributed by atoms with van der Waals surface area (Å²) in [5.41, 5.74) is 2.97. The molecule has 8 heteroatoms. The maximum Gasteiger partial charge on any atom is 0.290 e. The summed E-state index contributed by atoms with van der Waals surface area (Å²) in [5.74, 6) is -0.636. The molecule has 5 rings (SSSR count). The first-order chi connectivity index (χ1) is 16.0. The van der Waals surface area contributed by atoms with Gasteiger partial charge in [0.05, 0.1) is 10.6 Å². The second-order valence-corrected chi connectivity index (χ2v) is 9.12. The van der Waals surface area contributed by atoms with Gasteiger partial charge in [-0.15, -0.1) is 0 Å². The van der Waals surface area contributed by atoms with Gasteiger partial charge in [0.25, 0.3) is 11.1 Å². The van der Waals surface area contributed by atoms with Crippen molar-refractivity contribution in [3.05, 3.63) is 65.1 Å². The quantitative estimate of drug-likeness (QED) is 0.576. The number of amides is 2. The summed E-state index contributed by atoms with van der Waals surface area (Å²) in [4.78, 5) is 32.5. The molecule has 2 fully saturated rings. The van der Waals surface area contributed by atoms with Crippen LogP contribution in [0.15, 0.2) is 53.7 Å². The first-order valence-corrected chi connectivity index (χ1v) is 11.7. The average Bonchev–Trinajstić information content (AvgIpc) is 3.15. The predicted octanol–water partition coefficient (Wildman–Crippen LogP) is 4.51. The van der Waals surface area contributed by atoms with Crippen molar-refractivity contribution in [2.45, 2.75) is 6.92 Å². The molecule has 2 aliphatic rings. The first-order valence-electron chi connectivity index (χ1n) is 10.9. The summed E-state index contributed by atoms with van der Waals surface area (Å²) in [5, 5.41) is 3.70. The van der Waals surface area contributed by atoms with E-state index >= 15 is 4.39 Å². The lowest BCUT2D eigenvalue weighted by molar-refractivity contribution is -0.115. The highest BCUT2D eigenvalue weighted by atomic mass is 32.2. The molecule has 2 saturated heterocycles. The number of carbonyl (C=O) groups excluding carboxylic acids is 2. The third-order valence-corrected chi connectivity index (χ3v) is 6.95. The number of likely N-dealkylation sites (N-methyl/N-ethyl adjacent to an activating group) is 1. The molecule has 0 spiro atoms. The number of thioether (sulfide) groups is 1. The molecule has 33 heavy (non-hydrogen) atoms. The number of rotatable bonds is 4. The fourth-order valence-corrected chi connectivity index (χ4v) is 4.99. The molecule has 0 aliphatic carbocycles. The zero-order valence-corrected chi connectivity index (χ0v) is 19.0. The predicted molar refractivity (Wildman–Crippen MR) is 131 cm³/mol. The molecule has 0 saturated carbocycles. The minimum atomic E-state index is -0.391. The molecule has 2 aromatic carbocycles. The lowest BCUT2D eigenvalue weighted by Crippen LogP contribution is -2.46. The molecule has 168 valence electrons. The number of carbonyl (C=O) groups is 2. The van der Waals surface area contributed by atoms with Crippen LogP contribution in [0.1, 0.15) is 12.5 Å². The lowest BCUT2D eigenvalue weighted by atomic mass is 9.98. The summed E-state index contributed by atoms with van der Waals surface area (Å²) in [6, 6.07) is 11.1. The van der Waals surface area contributed by atoms with Gasteiger partial charge >= 0.3 is 0 Å². The highest BCUT2D eigenvalue weighted by molar-refractivity contribution is 8.18. The van der Waals surface area contributed by atoms with Crippen molar-refractivity contribution < 1.29 is 14.0 Å². The van der Waals surface area contributed by atoms with E-state index in [9.17, 15) is 9.59 Å². The second-order valence-electron chi connectivity index (χ2n) is 8.11. The van der Waals surface area contributed by atoms with Gasteiger partial charge in [-0.25, -0.2) is 4.39 Å². The largest absolute Gasteiger partial charge is 0.367 e. The highest BCUT2D eigenvalue weighted by Gasteiger charge is 2.25. The number of anilines is 1. The number of halogens is 1. The maximum absolute atomic E-state index is 15.2. The number of nitrogens with zero attached hydrogens (tertiary/aromatic N) is 3. The van der Waals surface area contributed by atoms with Gasteiger partial charge < -0.3 is 9.80 Å². The summed E-state index contributed by atoms with van der Waals surface area (Å²) >= 11 is 0.885. The Morgan fingerprint density at radius 1 is 1.09 bits per heavy atom. The van der Waals surface area contributed by atoms with Crippen LogP contribution in [0.4, 0.5) is 14.9 Å². The van der Waals surface area contributed by atoms with Gasteiger partial charge in [0, 0.05) is 49.5 Å². The van der Waals surface area contributed by atoms with Crippen LogP contribution in [0.3, 0.4) is 0 Å². The van der Waals surface area contributed by atoms with Gasteiger partial charge in [0.2, 0.25) is 0 Å². The molecule has 0 radical (unpaired) electrons. The van der Waals surface area contributed by atoms with Gasteiger partial charge in [0.1, 0.15) is 5.82 Å². The van der Waals surface area contributed by atoms with E-state index in [1.54, 1.807) is 24.5 Å². The molecule has 6 nitrogen and oxygen atoms in total. The van der Waals surface area contributed by atoms with E-state index in [0.29, 0.717) is 10.6 Å². The number of pyridine rings is 1. The van der Waals surface area contributed by atoms with Gasteiger partial charge in [-0.05, 0) is 59.1 Å². The highest BCUT2D eigenvalue weighted by Crippen LogP contribution is 2.33. The van der Waals surface area contributed by atoms with Gasteiger partial charge in [-0.3, -0.25) is 19.9 Å². The van der Waals surface area contributed by atoms with Crippen molar-refractivity contribution in [1.29, 1.82) is 0 Å². The SMILES string of the molecule is CCN1CCN(c2ccc(-c3cncc4ccc(/C=C5\SC(=O)NC5=O)cc34)cc2F)CC1. The number of aromatic nitrogens is 1. The van der Waals surface area contributed by atoms with Crippen LogP contribution in [0.2, 0.25) is 0 Å². The van der Waals surface area contributed by atoms with Gasteiger partial charge in [-0.2, -0.15) is 0 Å². The molecule has 0 bridgehead atoms. The minimum Gasteiger partial charge on any atom is -0.367 e. The van der Waals surface area contributed by atoms with Crippen molar-refractivity contribution in [3.8, 4) is 11.1 Å². The van der Waals surface area contributed by atoms with Crippen molar-refractivity contribution >= 4 is 45.4 Å². The lowest BCUT2D eigenvalue weighted by Gasteiger charge is -2.35. The Hall–Kier alpha value is -3.23. The van der Waals surface area contributed by atoms with Crippen LogP contribution in [-0.4, -0.2) is 53.8 Å². The number of piperazine rings is 1. The van der Waals surface area contributed by atoms with E-state index in [0.717, 1.165) is 71.9 Å². The Kier molecular flexibility index (Phi) is 5.86. The Labute approximate surface area is 195 Å². The summed E-state index contributed by atoms with van der Waals surface area (Å²) in [6.45, 7) is 6.65. The third-order valence-electron chi connectivity index (χ3n) is 6.14. The summed E-state index contributed by atoms with van der Waals surface area (Å²) in [7, 11) is 0. The molecule has 2 amide bonds. The van der Waals surface area contributed by atoms with Gasteiger partial charge in [0.15, 0.2) is 0 Å². The van der Waals surface area contributed by atoms with Crippen molar-refractivity contribution in [1.82, 2.24) is 15.2 Å². The molecular weight excluding hydrogens is 439 g/mol. The molecule has 0 unspecified atom stereocenters. The topological polar surface area (TPSA) is 65.5 Å². The van der Waals surface area contributed by atoms with Crippen molar-refractivity contribution in [2.75, 3.05) is 37.6 Å². The normalized spacial score (nSPS) is 18.4. The zero-order valence-electron chi connectivity index (χ0n) is 18.2. The Balaban J connectivity index is 1.48. The fourth-order valence-electron chi connectivity index (χ4n) is 4.31. The number of hydrogen-bond acceptors (Lipinski definition) is 6. The smallest absolute Gasteiger partial charge is 0.290 e. The Bertz CT molecular complexity index is 1280. The average molecular weight is 463 g/mol. The van der Waals surface area contributed by atoms with Crippen LogP contribution in [0.5, 0.6) is 0 Å². The molecule has 3 heterocycles. The summed E-state index contributed by atoms with van der Waals surface area (Å²) in [6.07, 6.45) is 5.18. The van der Waals surface area contributed by atoms with E-state index in [1.165, 1.54) is 0 Å². The number of fused-ring (bicyclic) bond motifs is 1. The summed E-state index contributed by atoms with van der Waals surface area (Å²) < 4.78 is 15.2. The second kappa shape index (κ2) is 8.96. The van der Waals surface area contributed by atoms with Crippen LogP contribution in [-0.2, 0) is 4.79 Å². The molecule has 2 aliphatic heterocycles.